The van der Waals surface area contributed by atoms with Gasteiger partial charge in [-0.15, -0.1) is 0 Å². The number of nitrogens with one attached hydrogen (secondary N) is 2. The summed E-state index contributed by atoms with van der Waals surface area (Å²) in [7, 11) is -3.33. The summed E-state index contributed by atoms with van der Waals surface area (Å²) in [6.45, 7) is 1.12. The molecule has 0 atom stereocenters. The first-order chi connectivity index (χ1) is 12.0. The van der Waals surface area contributed by atoms with Crippen LogP contribution in [0.2, 0.25) is 0 Å². The van der Waals surface area contributed by atoms with Crippen molar-refractivity contribution in [1.82, 2.24) is 0 Å². The van der Waals surface area contributed by atoms with Crippen molar-refractivity contribution >= 4 is 27.1 Å². The van der Waals surface area contributed by atoms with E-state index in [1.165, 1.54) is 43.3 Å². The van der Waals surface area contributed by atoms with Crippen LogP contribution in [0, 0.1) is 6.92 Å². The van der Waals surface area contributed by atoms with E-state index >= 15 is 0 Å². The van der Waals surface area contributed by atoms with Gasteiger partial charge >= 0.3 is 6.18 Å². The Balaban J connectivity index is 1.99. The molecule has 0 aliphatic rings. The fraction of sp³-hybridized carbons (Fsp3) is 0.235. The van der Waals surface area contributed by atoms with Gasteiger partial charge in [-0.3, -0.25) is 4.79 Å². The van der Waals surface area contributed by atoms with E-state index in [0.29, 0.717) is 5.69 Å². The summed E-state index contributed by atoms with van der Waals surface area (Å²) < 4.78 is 61.4. The second kappa shape index (κ2) is 7.36. The van der Waals surface area contributed by atoms with Crippen LogP contribution in [0.25, 0.3) is 0 Å². The number of carbonyl (C=O) groups excluding carboxylic acids is 1. The average molecular weight is 386 g/mol. The van der Waals surface area contributed by atoms with E-state index in [1.807, 2.05) is 0 Å². The molecule has 0 bridgehead atoms. The molecule has 0 saturated heterocycles. The summed E-state index contributed by atoms with van der Waals surface area (Å²) in [5.74, 6) is -0.480. The molecule has 2 aromatic carbocycles. The highest BCUT2D eigenvalue weighted by Crippen LogP contribution is 2.33. The number of sulfone groups is 1. The monoisotopic (exact) mass is 386 g/mol. The molecule has 0 aliphatic heterocycles. The van der Waals surface area contributed by atoms with E-state index in [4.69, 9.17) is 0 Å². The fourth-order valence-electron chi connectivity index (χ4n) is 2.21. The maximum absolute atomic E-state index is 12.9. The van der Waals surface area contributed by atoms with Crippen LogP contribution >= 0.6 is 0 Å². The third kappa shape index (κ3) is 5.22. The first kappa shape index (κ1) is 19.8. The second-order valence-electron chi connectivity index (χ2n) is 5.73. The number of alkyl halides is 3. The van der Waals surface area contributed by atoms with Crippen LogP contribution in [-0.2, 0) is 20.8 Å². The average Bonchev–Trinajstić information content (AvgIpc) is 2.52. The zero-order chi connectivity index (χ0) is 19.5. The number of halogens is 3. The summed E-state index contributed by atoms with van der Waals surface area (Å²) in [6, 6.07) is 9.31. The Labute approximate surface area is 149 Å². The third-order valence-corrected chi connectivity index (χ3v) is 4.69. The number of hydrogen-bond donors (Lipinski definition) is 2. The van der Waals surface area contributed by atoms with Crippen LogP contribution < -0.4 is 10.6 Å². The van der Waals surface area contributed by atoms with Gasteiger partial charge in [-0.05, 0) is 48.9 Å². The Hall–Kier alpha value is -2.55. The number of carbonyl (C=O) groups is 1. The van der Waals surface area contributed by atoms with Crippen molar-refractivity contribution in [3.63, 3.8) is 0 Å². The number of amides is 1. The minimum Gasteiger partial charge on any atom is -0.376 e. The summed E-state index contributed by atoms with van der Waals surface area (Å²) in [5, 5.41) is 5.16. The molecule has 140 valence electrons. The standard InChI is InChI=1S/C17H17F3N2O3S/c1-11-3-4-13(9-15(11)17(18,19)20)21-10-16(23)22-12-5-7-14(8-6-12)26(2,24)25/h3-9,21H,10H2,1-2H3,(H,22,23). The first-order valence-corrected chi connectivity index (χ1v) is 9.37. The summed E-state index contributed by atoms with van der Waals surface area (Å²) >= 11 is 0. The highest BCUT2D eigenvalue weighted by molar-refractivity contribution is 7.90. The van der Waals surface area contributed by atoms with Gasteiger partial charge in [0.2, 0.25) is 5.91 Å². The molecule has 0 unspecified atom stereocenters. The van der Waals surface area contributed by atoms with Gasteiger partial charge in [-0.1, -0.05) is 6.07 Å². The topological polar surface area (TPSA) is 75.3 Å². The Kier molecular flexibility index (Phi) is 5.60. The van der Waals surface area contributed by atoms with Gasteiger partial charge in [0, 0.05) is 17.6 Å². The van der Waals surface area contributed by atoms with Gasteiger partial charge in [0.25, 0.3) is 0 Å². The zero-order valence-electron chi connectivity index (χ0n) is 14.0. The predicted octanol–water partition coefficient (Wildman–Crippen LogP) is 3.47. The van der Waals surface area contributed by atoms with Crippen molar-refractivity contribution in [3.8, 4) is 0 Å². The molecule has 2 rings (SSSR count). The Morgan fingerprint density at radius 2 is 1.62 bits per heavy atom. The van der Waals surface area contributed by atoms with E-state index in [-0.39, 0.29) is 22.7 Å². The maximum Gasteiger partial charge on any atom is 0.416 e. The molecule has 0 aromatic heterocycles. The van der Waals surface area contributed by atoms with Crippen molar-refractivity contribution in [1.29, 1.82) is 0 Å². The SMILES string of the molecule is Cc1ccc(NCC(=O)Nc2ccc(S(C)(=O)=O)cc2)cc1C(F)(F)F. The van der Waals surface area contributed by atoms with Gasteiger partial charge < -0.3 is 10.6 Å². The number of anilines is 2. The highest BCUT2D eigenvalue weighted by atomic mass is 32.2. The molecule has 5 nitrogen and oxygen atoms in total. The predicted molar refractivity (Wildman–Crippen MR) is 92.9 cm³/mol. The number of benzene rings is 2. The van der Waals surface area contributed by atoms with Gasteiger partial charge in [-0.2, -0.15) is 13.2 Å². The zero-order valence-corrected chi connectivity index (χ0v) is 14.8. The minimum atomic E-state index is -4.47. The van der Waals surface area contributed by atoms with Crippen molar-refractivity contribution in [2.24, 2.45) is 0 Å². The van der Waals surface area contributed by atoms with E-state index < -0.39 is 27.5 Å². The first-order valence-electron chi connectivity index (χ1n) is 7.48. The normalized spacial score (nSPS) is 11.9. The second-order valence-corrected chi connectivity index (χ2v) is 7.74. The van der Waals surface area contributed by atoms with Crippen LogP contribution in [0.1, 0.15) is 11.1 Å². The number of rotatable bonds is 5. The molecule has 0 radical (unpaired) electrons. The summed E-state index contributed by atoms with van der Waals surface area (Å²) in [6.07, 6.45) is -3.40. The van der Waals surface area contributed by atoms with Crippen LogP contribution in [-0.4, -0.2) is 27.1 Å². The Morgan fingerprint density at radius 1 is 1.04 bits per heavy atom. The molecule has 0 heterocycles. The van der Waals surface area contributed by atoms with Crippen molar-refractivity contribution < 1.29 is 26.4 Å². The Morgan fingerprint density at radius 3 is 2.15 bits per heavy atom. The largest absolute Gasteiger partial charge is 0.416 e. The van der Waals surface area contributed by atoms with Crippen molar-refractivity contribution in [2.45, 2.75) is 18.0 Å². The van der Waals surface area contributed by atoms with Crippen LogP contribution in [0.3, 0.4) is 0 Å². The number of hydrogen-bond acceptors (Lipinski definition) is 4. The smallest absolute Gasteiger partial charge is 0.376 e. The minimum absolute atomic E-state index is 0.0958. The lowest BCUT2D eigenvalue weighted by atomic mass is 10.1. The molecular formula is C17H17F3N2O3S. The van der Waals surface area contributed by atoms with Crippen LogP contribution in [0.4, 0.5) is 24.5 Å². The molecule has 2 aromatic rings. The molecule has 0 aliphatic carbocycles. The van der Waals surface area contributed by atoms with Crippen LogP contribution in [0.5, 0.6) is 0 Å². The van der Waals surface area contributed by atoms with Gasteiger partial charge in [-0.25, -0.2) is 8.42 Å². The van der Waals surface area contributed by atoms with E-state index in [9.17, 15) is 26.4 Å². The van der Waals surface area contributed by atoms with Crippen molar-refractivity contribution in [2.75, 3.05) is 23.4 Å². The van der Waals surface area contributed by atoms with Crippen molar-refractivity contribution in [3.05, 3.63) is 53.6 Å². The summed E-state index contributed by atoms with van der Waals surface area (Å²) in [5.41, 5.74) is -0.118. The maximum atomic E-state index is 12.9. The molecule has 2 N–H and O–H groups in total. The molecule has 9 heteroatoms. The van der Waals surface area contributed by atoms with E-state index in [0.717, 1.165) is 12.3 Å². The van der Waals surface area contributed by atoms with Gasteiger partial charge in [0.05, 0.1) is 17.0 Å². The molecule has 26 heavy (non-hydrogen) atoms. The molecule has 1 amide bonds. The molecule has 0 fully saturated rings. The Bertz CT molecular complexity index is 908. The van der Waals surface area contributed by atoms with E-state index in [2.05, 4.69) is 10.6 Å². The fourth-order valence-corrected chi connectivity index (χ4v) is 2.84. The molecular weight excluding hydrogens is 369 g/mol. The highest BCUT2D eigenvalue weighted by Gasteiger charge is 2.32. The summed E-state index contributed by atoms with van der Waals surface area (Å²) in [4.78, 5) is 12.0. The van der Waals surface area contributed by atoms with Gasteiger partial charge in [0.1, 0.15) is 0 Å². The molecule has 0 spiro atoms. The lowest BCUT2D eigenvalue weighted by Gasteiger charge is -2.13. The lowest BCUT2D eigenvalue weighted by Crippen LogP contribution is -2.22. The van der Waals surface area contributed by atoms with Crippen LogP contribution in [0.15, 0.2) is 47.4 Å². The number of aryl methyl sites for hydroxylation is 1. The van der Waals surface area contributed by atoms with E-state index in [1.54, 1.807) is 0 Å². The third-order valence-electron chi connectivity index (χ3n) is 3.56. The molecule has 0 saturated carbocycles. The lowest BCUT2D eigenvalue weighted by molar-refractivity contribution is -0.138. The van der Waals surface area contributed by atoms with Gasteiger partial charge in [0.15, 0.2) is 9.84 Å². The quantitative estimate of drug-likeness (QED) is 0.825.